The molecule has 5 heteroatoms. The first-order valence-corrected chi connectivity index (χ1v) is 7.57. The summed E-state index contributed by atoms with van der Waals surface area (Å²) in [4.78, 5) is 8.36. The molecule has 0 spiro atoms. The molecule has 0 unspecified atom stereocenters. The van der Waals surface area contributed by atoms with E-state index in [1.807, 2.05) is 49.4 Å². The maximum Gasteiger partial charge on any atom is 0.142 e. The lowest BCUT2D eigenvalue weighted by atomic mass is 9.98. The van der Waals surface area contributed by atoms with Crippen LogP contribution in [0.5, 0.6) is 5.75 Å². The molecule has 2 heterocycles. The van der Waals surface area contributed by atoms with Gasteiger partial charge in [0.1, 0.15) is 23.2 Å². The van der Waals surface area contributed by atoms with E-state index in [2.05, 4.69) is 16.0 Å². The SMILES string of the molecule is CCOc1ccc(-c2cc(-c3ccncc3)nc(N)c2C#N)cc1. The number of nitrogens with two attached hydrogens (primary N) is 1. The quantitative estimate of drug-likeness (QED) is 0.794. The van der Waals surface area contributed by atoms with E-state index in [0.29, 0.717) is 17.9 Å². The van der Waals surface area contributed by atoms with Crippen molar-refractivity contribution in [1.29, 1.82) is 5.26 Å². The highest BCUT2D eigenvalue weighted by Crippen LogP contribution is 2.31. The first-order valence-electron chi connectivity index (χ1n) is 7.57. The van der Waals surface area contributed by atoms with Crippen molar-refractivity contribution in [3.63, 3.8) is 0 Å². The molecule has 3 aromatic rings. The lowest BCUT2D eigenvalue weighted by molar-refractivity contribution is 0.340. The molecule has 0 saturated carbocycles. The highest BCUT2D eigenvalue weighted by Gasteiger charge is 2.13. The second kappa shape index (κ2) is 6.80. The van der Waals surface area contributed by atoms with Gasteiger partial charge in [-0.05, 0) is 42.8 Å². The Hall–Kier alpha value is -3.39. The molecule has 24 heavy (non-hydrogen) atoms. The summed E-state index contributed by atoms with van der Waals surface area (Å²) in [5.74, 6) is 1.01. The van der Waals surface area contributed by atoms with E-state index in [9.17, 15) is 5.26 Å². The molecule has 0 atom stereocenters. The number of nitrogens with zero attached hydrogens (tertiary/aromatic N) is 3. The van der Waals surface area contributed by atoms with Crippen LogP contribution in [0, 0.1) is 11.3 Å². The monoisotopic (exact) mass is 316 g/mol. The topological polar surface area (TPSA) is 84.8 Å². The molecule has 0 bridgehead atoms. The number of rotatable bonds is 4. The minimum absolute atomic E-state index is 0.218. The van der Waals surface area contributed by atoms with E-state index in [0.717, 1.165) is 22.4 Å². The molecule has 0 aliphatic heterocycles. The van der Waals surface area contributed by atoms with E-state index >= 15 is 0 Å². The van der Waals surface area contributed by atoms with Gasteiger partial charge < -0.3 is 10.5 Å². The van der Waals surface area contributed by atoms with Gasteiger partial charge in [0.05, 0.1) is 12.3 Å². The molecular weight excluding hydrogens is 300 g/mol. The van der Waals surface area contributed by atoms with E-state index in [1.165, 1.54) is 0 Å². The third-order valence-electron chi connectivity index (χ3n) is 3.61. The number of hydrogen-bond donors (Lipinski definition) is 1. The zero-order valence-corrected chi connectivity index (χ0v) is 13.2. The largest absolute Gasteiger partial charge is 0.494 e. The zero-order valence-electron chi connectivity index (χ0n) is 13.2. The number of aromatic nitrogens is 2. The maximum absolute atomic E-state index is 9.46. The highest BCUT2D eigenvalue weighted by molar-refractivity contribution is 5.80. The second-order valence-electron chi connectivity index (χ2n) is 5.12. The van der Waals surface area contributed by atoms with E-state index in [4.69, 9.17) is 10.5 Å². The van der Waals surface area contributed by atoms with Gasteiger partial charge in [0, 0.05) is 23.5 Å². The van der Waals surface area contributed by atoms with Gasteiger partial charge >= 0.3 is 0 Å². The molecule has 3 rings (SSSR count). The fourth-order valence-corrected chi connectivity index (χ4v) is 2.48. The lowest BCUT2D eigenvalue weighted by Crippen LogP contribution is -2.00. The Morgan fingerprint density at radius 3 is 2.42 bits per heavy atom. The van der Waals surface area contributed by atoms with Crippen LogP contribution in [0.25, 0.3) is 22.4 Å². The molecule has 118 valence electrons. The summed E-state index contributed by atoms with van der Waals surface area (Å²) in [7, 11) is 0. The van der Waals surface area contributed by atoms with Crippen LogP contribution in [0.4, 0.5) is 5.82 Å². The first kappa shape index (κ1) is 15.5. The van der Waals surface area contributed by atoms with Crippen LogP contribution in [0.15, 0.2) is 54.9 Å². The average Bonchev–Trinajstić information content (AvgIpc) is 2.63. The first-order chi connectivity index (χ1) is 11.7. The number of nitrogen functional groups attached to an aromatic ring is 1. The van der Waals surface area contributed by atoms with Crippen molar-refractivity contribution in [3.8, 4) is 34.2 Å². The summed E-state index contributed by atoms with van der Waals surface area (Å²) in [5, 5.41) is 9.46. The average molecular weight is 316 g/mol. The van der Waals surface area contributed by atoms with Gasteiger partial charge in [0.2, 0.25) is 0 Å². The predicted octanol–water partition coefficient (Wildman–Crippen LogP) is 3.66. The van der Waals surface area contributed by atoms with Gasteiger partial charge in [-0.3, -0.25) is 4.98 Å². The molecule has 0 fully saturated rings. The summed E-state index contributed by atoms with van der Waals surface area (Å²) in [6.07, 6.45) is 3.39. The number of benzene rings is 1. The van der Waals surface area contributed by atoms with Crippen LogP contribution in [0.2, 0.25) is 0 Å². The molecule has 0 saturated heterocycles. The molecule has 0 aliphatic carbocycles. The maximum atomic E-state index is 9.46. The Kier molecular flexibility index (Phi) is 4.39. The molecule has 0 amide bonds. The van der Waals surface area contributed by atoms with Crippen LogP contribution >= 0.6 is 0 Å². The Balaban J connectivity index is 2.12. The van der Waals surface area contributed by atoms with E-state index < -0.39 is 0 Å². The summed E-state index contributed by atoms with van der Waals surface area (Å²) in [6.45, 7) is 2.55. The summed E-state index contributed by atoms with van der Waals surface area (Å²) in [5.41, 5.74) is 9.62. The lowest BCUT2D eigenvalue weighted by Gasteiger charge is -2.11. The van der Waals surface area contributed by atoms with Gasteiger partial charge in [-0.2, -0.15) is 5.26 Å². The van der Waals surface area contributed by atoms with Gasteiger partial charge in [-0.1, -0.05) is 12.1 Å². The standard InChI is InChI=1S/C19H16N4O/c1-2-24-15-5-3-13(4-6-15)16-11-18(14-7-9-22-10-8-14)23-19(21)17(16)12-20/h3-11H,2H2,1H3,(H2,21,23). The Labute approximate surface area is 140 Å². The molecular formula is C19H16N4O. The number of ether oxygens (including phenoxy) is 1. The minimum atomic E-state index is 0.218. The van der Waals surface area contributed by atoms with E-state index in [1.54, 1.807) is 12.4 Å². The Morgan fingerprint density at radius 2 is 1.79 bits per heavy atom. The highest BCUT2D eigenvalue weighted by atomic mass is 16.5. The molecule has 2 N–H and O–H groups in total. The number of hydrogen-bond acceptors (Lipinski definition) is 5. The molecule has 5 nitrogen and oxygen atoms in total. The normalized spacial score (nSPS) is 10.2. The Morgan fingerprint density at radius 1 is 1.08 bits per heavy atom. The fourth-order valence-electron chi connectivity index (χ4n) is 2.48. The van der Waals surface area contributed by atoms with Gasteiger partial charge in [-0.15, -0.1) is 0 Å². The van der Waals surface area contributed by atoms with Crippen molar-refractivity contribution >= 4 is 5.82 Å². The van der Waals surface area contributed by atoms with Crippen molar-refractivity contribution in [3.05, 3.63) is 60.4 Å². The molecule has 0 radical (unpaired) electrons. The molecule has 0 aliphatic rings. The summed E-state index contributed by atoms with van der Waals surface area (Å²) < 4.78 is 5.46. The summed E-state index contributed by atoms with van der Waals surface area (Å²) >= 11 is 0. The van der Waals surface area contributed by atoms with Crippen LogP contribution in [0.1, 0.15) is 12.5 Å². The third kappa shape index (κ3) is 3.03. The van der Waals surface area contributed by atoms with Crippen molar-refractivity contribution in [2.75, 3.05) is 12.3 Å². The zero-order chi connectivity index (χ0) is 16.9. The third-order valence-corrected chi connectivity index (χ3v) is 3.61. The van der Waals surface area contributed by atoms with E-state index in [-0.39, 0.29) is 5.82 Å². The van der Waals surface area contributed by atoms with Crippen LogP contribution in [0.3, 0.4) is 0 Å². The van der Waals surface area contributed by atoms with Crippen LogP contribution in [-0.2, 0) is 0 Å². The molecule has 2 aromatic heterocycles. The smallest absolute Gasteiger partial charge is 0.142 e. The van der Waals surface area contributed by atoms with Gasteiger partial charge in [0.15, 0.2) is 0 Å². The van der Waals surface area contributed by atoms with Crippen molar-refractivity contribution in [1.82, 2.24) is 9.97 Å². The van der Waals surface area contributed by atoms with Crippen molar-refractivity contribution in [2.24, 2.45) is 0 Å². The predicted molar refractivity (Wildman–Crippen MR) is 93.2 cm³/mol. The van der Waals surface area contributed by atoms with Gasteiger partial charge in [0.25, 0.3) is 0 Å². The fraction of sp³-hybridized carbons (Fsp3) is 0.105. The minimum Gasteiger partial charge on any atom is -0.494 e. The number of anilines is 1. The van der Waals surface area contributed by atoms with Crippen molar-refractivity contribution in [2.45, 2.75) is 6.92 Å². The Bertz CT molecular complexity index is 884. The second-order valence-corrected chi connectivity index (χ2v) is 5.12. The van der Waals surface area contributed by atoms with Crippen LogP contribution in [-0.4, -0.2) is 16.6 Å². The summed E-state index contributed by atoms with van der Waals surface area (Å²) in [6, 6.07) is 15.3. The van der Waals surface area contributed by atoms with Gasteiger partial charge in [-0.25, -0.2) is 4.98 Å². The van der Waals surface area contributed by atoms with Crippen molar-refractivity contribution < 1.29 is 4.74 Å². The number of nitriles is 1. The number of pyridine rings is 2. The van der Waals surface area contributed by atoms with Crippen LogP contribution < -0.4 is 10.5 Å². The molecule has 1 aromatic carbocycles.